The van der Waals surface area contributed by atoms with Gasteiger partial charge in [0.25, 0.3) is 0 Å². The topological polar surface area (TPSA) is 69.7 Å². The number of carbonyl (C=O) groups excluding carboxylic acids is 1. The minimum Gasteiger partial charge on any atom is -0.454 e. The molecule has 5 nitrogen and oxygen atoms in total. The van der Waals surface area contributed by atoms with Crippen molar-refractivity contribution in [3.8, 4) is 11.5 Å². The summed E-state index contributed by atoms with van der Waals surface area (Å²) in [5.41, 5.74) is 0.357. The second-order valence-electron chi connectivity index (χ2n) is 5.20. The zero-order valence-electron chi connectivity index (χ0n) is 11.0. The molecule has 0 saturated heterocycles. The van der Waals surface area contributed by atoms with Crippen molar-refractivity contribution in [2.75, 3.05) is 12.5 Å². The van der Waals surface area contributed by atoms with E-state index in [4.69, 9.17) is 9.47 Å². The number of fused-ring (bicyclic) bond motifs is 1. The van der Waals surface area contributed by atoms with Crippen LogP contribution in [0.15, 0.2) is 18.2 Å². The first kappa shape index (κ1) is 13.4. The Morgan fingerprint density at radius 1 is 1.15 bits per heavy atom. The molecule has 0 bridgehead atoms. The molecule has 1 fully saturated rings. The molecule has 0 spiro atoms. The highest BCUT2D eigenvalue weighted by atomic mass is 32.2. The van der Waals surface area contributed by atoms with Crippen LogP contribution in [-0.4, -0.2) is 32.0 Å². The third-order valence-corrected chi connectivity index (χ3v) is 5.99. The van der Waals surface area contributed by atoms with Gasteiger partial charge in [0.05, 0.1) is 5.25 Å². The highest BCUT2D eigenvalue weighted by molar-refractivity contribution is 7.92. The molecule has 1 saturated carbocycles. The molecular weight excluding hydrogens is 280 g/mol. The molecule has 1 aliphatic carbocycles. The van der Waals surface area contributed by atoms with E-state index in [1.165, 1.54) is 0 Å². The van der Waals surface area contributed by atoms with Gasteiger partial charge in [-0.15, -0.1) is 0 Å². The lowest BCUT2D eigenvalue weighted by Gasteiger charge is -2.10. The van der Waals surface area contributed by atoms with E-state index >= 15 is 0 Å². The van der Waals surface area contributed by atoms with Gasteiger partial charge in [-0.2, -0.15) is 0 Å². The first-order valence-electron chi connectivity index (χ1n) is 6.71. The number of sulfone groups is 1. The Morgan fingerprint density at radius 3 is 2.60 bits per heavy atom. The number of hydrogen-bond acceptors (Lipinski definition) is 5. The Bertz CT molecular complexity index is 629. The molecule has 0 radical (unpaired) electrons. The van der Waals surface area contributed by atoms with Gasteiger partial charge in [-0.05, 0) is 31.0 Å². The maximum Gasteiger partial charge on any atom is 0.231 e. The third kappa shape index (κ3) is 2.52. The predicted molar refractivity (Wildman–Crippen MR) is 72.9 cm³/mol. The van der Waals surface area contributed by atoms with E-state index in [1.807, 2.05) is 0 Å². The summed E-state index contributed by atoms with van der Waals surface area (Å²) in [5.74, 6) is 0.279. The molecule has 0 amide bonds. The average molecular weight is 296 g/mol. The Kier molecular flexibility index (Phi) is 3.41. The van der Waals surface area contributed by atoms with Crippen LogP contribution in [0.4, 0.5) is 0 Å². The molecule has 6 heteroatoms. The van der Waals surface area contributed by atoms with Crippen molar-refractivity contribution in [2.24, 2.45) is 0 Å². The molecular formula is C14H16O5S. The molecule has 108 valence electrons. The summed E-state index contributed by atoms with van der Waals surface area (Å²) < 4.78 is 34.7. The summed E-state index contributed by atoms with van der Waals surface area (Å²) >= 11 is 0. The Labute approximate surface area is 117 Å². The molecule has 1 aromatic rings. The van der Waals surface area contributed by atoms with Crippen LogP contribution in [0, 0.1) is 0 Å². The maximum absolute atomic E-state index is 12.2. The first-order valence-corrected chi connectivity index (χ1v) is 8.42. The summed E-state index contributed by atoms with van der Waals surface area (Å²) in [5, 5.41) is -0.347. The molecule has 0 aromatic heterocycles. The van der Waals surface area contributed by atoms with Gasteiger partial charge < -0.3 is 9.47 Å². The van der Waals surface area contributed by atoms with Crippen LogP contribution in [0.25, 0.3) is 0 Å². The fourth-order valence-corrected chi connectivity index (χ4v) is 4.52. The standard InChI is InChI=1S/C14H16O5S/c15-12(8-20(16,17)11-3-1-2-4-11)10-5-6-13-14(7-10)19-9-18-13/h5-7,11H,1-4,8-9H2. The van der Waals surface area contributed by atoms with E-state index in [0.717, 1.165) is 12.8 Å². The van der Waals surface area contributed by atoms with Crippen molar-refractivity contribution in [1.29, 1.82) is 0 Å². The van der Waals surface area contributed by atoms with Gasteiger partial charge in [0.15, 0.2) is 27.1 Å². The highest BCUT2D eigenvalue weighted by Gasteiger charge is 2.31. The number of benzene rings is 1. The number of carbonyl (C=O) groups is 1. The van der Waals surface area contributed by atoms with E-state index in [2.05, 4.69) is 0 Å². The lowest BCUT2D eigenvalue weighted by molar-refractivity contribution is 0.102. The van der Waals surface area contributed by atoms with Gasteiger partial charge in [-0.25, -0.2) is 8.42 Å². The van der Waals surface area contributed by atoms with Crippen LogP contribution < -0.4 is 9.47 Å². The predicted octanol–water partition coefficient (Wildman–Crippen LogP) is 1.96. The molecule has 0 N–H and O–H groups in total. The van der Waals surface area contributed by atoms with Gasteiger partial charge in [-0.3, -0.25) is 4.79 Å². The Hall–Kier alpha value is -1.56. The second kappa shape index (κ2) is 5.09. The molecule has 2 aliphatic rings. The van der Waals surface area contributed by atoms with E-state index in [1.54, 1.807) is 18.2 Å². The Balaban J connectivity index is 1.76. The van der Waals surface area contributed by atoms with Gasteiger partial charge in [0.1, 0.15) is 5.75 Å². The van der Waals surface area contributed by atoms with Crippen LogP contribution in [0.1, 0.15) is 36.0 Å². The quantitative estimate of drug-likeness (QED) is 0.794. The minimum atomic E-state index is -3.34. The molecule has 20 heavy (non-hydrogen) atoms. The van der Waals surface area contributed by atoms with Crippen molar-refractivity contribution in [3.05, 3.63) is 23.8 Å². The van der Waals surface area contributed by atoms with Crippen LogP contribution in [0.3, 0.4) is 0 Å². The molecule has 0 unspecified atom stereocenters. The summed E-state index contributed by atoms with van der Waals surface area (Å²) in [7, 11) is -3.34. The van der Waals surface area contributed by atoms with E-state index in [-0.39, 0.29) is 17.8 Å². The summed E-state index contributed by atoms with van der Waals surface area (Å²) in [4.78, 5) is 12.1. The van der Waals surface area contributed by atoms with Crippen molar-refractivity contribution in [3.63, 3.8) is 0 Å². The number of ether oxygens (including phenoxy) is 2. The Morgan fingerprint density at radius 2 is 1.85 bits per heavy atom. The van der Waals surface area contributed by atoms with E-state index in [9.17, 15) is 13.2 Å². The van der Waals surface area contributed by atoms with Crippen LogP contribution in [0.2, 0.25) is 0 Å². The second-order valence-corrected chi connectivity index (χ2v) is 7.49. The number of hydrogen-bond donors (Lipinski definition) is 0. The fourth-order valence-electron chi connectivity index (χ4n) is 2.70. The van der Waals surface area contributed by atoms with Crippen LogP contribution in [-0.2, 0) is 9.84 Å². The number of rotatable bonds is 4. The zero-order valence-corrected chi connectivity index (χ0v) is 11.8. The van der Waals surface area contributed by atoms with Crippen molar-refractivity contribution < 1.29 is 22.7 Å². The third-order valence-electron chi connectivity index (χ3n) is 3.84. The minimum absolute atomic E-state index is 0.132. The molecule has 1 aliphatic heterocycles. The lowest BCUT2D eigenvalue weighted by atomic mass is 10.1. The van der Waals surface area contributed by atoms with Gasteiger partial charge in [0.2, 0.25) is 6.79 Å². The van der Waals surface area contributed by atoms with Crippen molar-refractivity contribution >= 4 is 15.6 Å². The lowest BCUT2D eigenvalue weighted by Crippen LogP contribution is -2.25. The largest absolute Gasteiger partial charge is 0.454 e. The summed E-state index contributed by atoms with van der Waals surface area (Å²) in [6.07, 6.45) is 3.22. The van der Waals surface area contributed by atoms with Crippen LogP contribution >= 0.6 is 0 Å². The number of ketones is 1. The first-order chi connectivity index (χ1) is 9.56. The molecule has 1 aromatic carbocycles. The molecule has 3 rings (SSSR count). The van der Waals surface area contributed by atoms with Crippen molar-refractivity contribution in [1.82, 2.24) is 0 Å². The van der Waals surface area contributed by atoms with E-state index in [0.29, 0.717) is 29.9 Å². The fraction of sp³-hybridized carbons (Fsp3) is 0.500. The molecule has 1 heterocycles. The normalized spacial score (nSPS) is 18.4. The van der Waals surface area contributed by atoms with Gasteiger partial charge in [0, 0.05) is 5.56 Å². The maximum atomic E-state index is 12.2. The number of Topliss-reactive ketones (excluding diaryl/α,β-unsaturated/α-hetero) is 1. The SMILES string of the molecule is O=C(CS(=O)(=O)C1CCCC1)c1ccc2c(c1)OCO2. The van der Waals surface area contributed by atoms with Gasteiger partial charge >= 0.3 is 0 Å². The highest BCUT2D eigenvalue weighted by Crippen LogP contribution is 2.33. The molecule has 0 atom stereocenters. The monoisotopic (exact) mass is 296 g/mol. The van der Waals surface area contributed by atoms with Crippen LogP contribution in [0.5, 0.6) is 11.5 Å². The average Bonchev–Trinajstić information content (AvgIpc) is 3.09. The summed E-state index contributed by atoms with van der Waals surface area (Å²) in [6, 6.07) is 4.77. The van der Waals surface area contributed by atoms with Crippen molar-refractivity contribution in [2.45, 2.75) is 30.9 Å². The summed E-state index contributed by atoms with van der Waals surface area (Å²) in [6.45, 7) is 0.132. The smallest absolute Gasteiger partial charge is 0.231 e. The van der Waals surface area contributed by atoms with Gasteiger partial charge in [-0.1, -0.05) is 12.8 Å². The van der Waals surface area contributed by atoms with E-state index < -0.39 is 15.6 Å². The zero-order chi connectivity index (χ0) is 14.2.